The van der Waals surface area contributed by atoms with Crippen LogP contribution < -0.4 is 4.74 Å². The minimum absolute atomic E-state index is 0.453. The fraction of sp³-hybridized carbons (Fsp3) is 0.250. The third-order valence-corrected chi connectivity index (χ3v) is 1.59. The Labute approximate surface area is 80.7 Å². The molecular formula is C8H8Cl2O2. The number of aliphatic hydroxyl groups is 1. The van der Waals surface area contributed by atoms with Gasteiger partial charge >= 0.3 is 0 Å². The predicted molar refractivity (Wildman–Crippen MR) is 48.6 cm³/mol. The number of hydrogen-bond acceptors (Lipinski definition) is 2. The lowest BCUT2D eigenvalue weighted by atomic mass is 10.3. The third kappa shape index (κ3) is 2.89. The summed E-state index contributed by atoms with van der Waals surface area (Å²) in [4.78, 5) is 0. The second-order valence-corrected chi connectivity index (χ2v) is 3.63. The van der Waals surface area contributed by atoms with Crippen LogP contribution in [-0.2, 0) is 0 Å². The van der Waals surface area contributed by atoms with Crippen LogP contribution in [0.2, 0.25) is 0 Å². The van der Waals surface area contributed by atoms with Crippen molar-refractivity contribution in [3.05, 3.63) is 30.3 Å². The molecule has 1 N–H and O–H groups in total. The van der Waals surface area contributed by atoms with Gasteiger partial charge in [0, 0.05) is 0 Å². The maximum absolute atomic E-state index is 8.67. The van der Waals surface area contributed by atoms with Crippen molar-refractivity contribution < 1.29 is 9.84 Å². The summed E-state index contributed by atoms with van der Waals surface area (Å²) >= 11 is 11.1. The second-order valence-electron chi connectivity index (χ2n) is 2.21. The van der Waals surface area contributed by atoms with Gasteiger partial charge in [-0.1, -0.05) is 41.4 Å². The molecule has 1 aromatic rings. The van der Waals surface area contributed by atoms with E-state index in [0.29, 0.717) is 5.75 Å². The van der Waals surface area contributed by atoms with Gasteiger partial charge in [-0.3, -0.25) is 0 Å². The molecular weight excluding hydrogens is 199 g/mol. The van der Waals surface area contributed by atoms with Crippen molar-refractivity contribution in [3.63, 3.8) is 0 Å². The van der Waals surface area contributed by atoms with Crippen molar-refractivity contribution in [1.82, 2.24) is 0 Å². The van der Waals surface area contributed by atoms with E-state index < -0.39 is 11.1 Å². The van der Waals surface area contributed by atoms with E-state index in [1.54, 1.807) is 24.3 Å². The van der Waals surface area contributed by atoms with Gasteiger partial charge in [-0.25, -0.2) is 0 Å². The average Bonchev–Trinajstić information content (AvgIpc) is 2.06. The van der Waals surface area contributed by atoms with Gasteiger partial charge in [0.25, 0.3) is 4.52 Å². The zero-order valence-corrected chi connectivity index (χ0v) is 7.72. The first-order valence-electron chi connectivity index (χ1n) is 3.37. The number of hydrogen-bond donors (Lipinski definition) is 1. The Morgan fingerprint density at radius 1 is 1.25 bits per heavy atom. The lowest BCUT2D eigenvalue weighted by molar-refractivity contribution is 0.143. The molecule has 4 heteroatoms. The minimum atomic E-state index is -1.55. The highest BCUT2D eigenvalue weighted by Gasteiger charge is 2.24. The lowest BCUT2D eigenvalue weighted by Gasteiger charge is -2.18. The minimum Gasteiger partial charge on any atom is -0.456 e. The van der Waals surface area contributed by atoms with Gasteiger partial charge in [-0.05, 0) is 12.1 Å². The Kier molecular flexibility index (Phi) is 3.20. The number of aliphatic hydroxyl groups excluding tert-OH is 1. The van der Waals surface area contributed by atoms with E-state index in [1.165, 1.54) is 0 Å². The van der Waals surface area contributed by atoms with Crippen LogP contribution in [0.5, 0.6) is 5.75 Å². The largest absolute Gasteiger partial charge is 0.456 e. The summed E-state index contributed by atoms with van der Waals surface area (Å²) in [5.74, 6) is 0.525. The van der Waals surface area contributed by atoms with Crippen LogP contribution in [-0.4, -0.2) is 16.2 Å². The molecule has 0 aromatic heterocycles. The van der Waals surface area contributed by atoms with E-state index in [-0.39, 0.29) is 0 Å². The van der Waals surface area contributed by atoms with Gasteiger partial charge in [0.2, 0.25) is 0 Å². The van der Waals surface area contributed by atoms with Crippen molar-refractivity contribution >= 4 is 23.2 Å². The Hall–Kier alpha value is -0.440. The second kappa shape index (κ2) is 3.99. The molecule has 2 nitrogen and oxygen atoms in total. The van der Waals surface area contributed by atoms with E-state index >= 15 is 0 Å². The maximum Gasteiger partial charge on any atom is 0.281 e. The Bertz CT molecular complexity index is 236. The summed E-state index contributed by atoms with van der Waals surface area (Å²) in [7, 11) is 0. The molecule has 0 heterocycles. The molecule has 0 aliphatic rings. The zero-order valence-electron chi connectivity index (χ0n) is 6.21. The van der Waals surface area contributed by atoms with Crippen LogP contribution in [0.4, 0.5) is 0 Å². The molecule has 0 aliphatic heterocycles. The summed E-state index contributed by atoms with van der Waals surface area (Å²) in [6.07, 6.45) is 0. The summed E-state index contributed by atoms with van der Waals surface area (Å²) in [5, 5.41) is 8.67. The van der Waals surface area contributed by atoms with E-state index in [1.807, 2.05) is 6.07 Å². The summed E-state index contributed by atoms with van der Waals surface area (Å²) in [6.45, 7) is -0.453. The zero-order chi connectivity index (χ0) is 9.03. The first-order chi connectivity index (χ1) is 5.64. The molecule has 0 unspecified atom stereocenters. The number of benzene rings is 1. The monoisotopic (exact) mass is 206 g/mol. The predicted octanol–water partition coefficient (Wildman–Crippen LogP) is 2.19. The van der Waals surface area contributed by atoms with Crippen LogP contribution >= 0.6 is 23.2 Å². The van der Waals surface area contributed by atoms with E-state index in [0.717, 1.165) is 0 Å². The molecule has 0 spiro atoms. The molecule has 0 saturated heterocycles. The van der Waals surface area contributed by atoms with E-state index in [4.69, 9.17) is 33.0 Å². The molecule has 0 fully saturated rings. The fourth-order valence-electron chi connectivity index (χ4n) is 0.693. The molecule has 0 radical (unpaired) electrons. The van der Waals surface area contributed by atoms with Crippen molar-refractivity contribution in [2.24, 2.45) is 0 Å². The van der Waals surface area contributed by atoms with Crippen LogP contribution in [0.3, 0.4) is 0 Å². The van der Waals surface area contributed by atoms with E-state index in [2.05, 4.69) is 0 Å². The van der Waals surface area contributed by atoms with Crippen molar-refractivity contribution in [3.8, 4) is 5.75 Å². The number of rotatable bonds is 3. The Morgan fingerprint density at radius 3 is 2.33 bits per heavy atom. The summed E-state index contributed by atoms with van der Waals surface area (Å²) in [6, 6.07) is 8.83. The smallest absolute Gasteiger partial charge is 0.281 e. The highest BCUT2D eigenvalue weighted by molar-refractivity contribution is 6.47. The van der Waals surface area contributed by atoms with Crippen LogP contribution in [0.25, 0.3) is 0 Å². The van der Waals surface area contributed by atoms with Crippen LogP contribution in [0.1, 0.15) is 0 Å². The lowest BCUT2D eigenvalue weighted by Crippen LogP contribution is -2.26. The molecule has 0 amide bonds. The highest BCUT2D eigenvalue weighted by atomic mass is 35.5. The fourth-order valence-corrected chi connectivity index (χ4v) is 0.871. The molecule has 0 aliphatic carbocycles. The first kappa shape index (κ1) is 9.65. The van der Waals surface area contributed by atoms with Crippen molar-refractivity contribution in [1.29, 1.82) is 0 Å². The number of halogens is 2. The van der Waals surface area contributed by atoms with Crippen molar-refractivity contribution in [2.75, 3.05) is 6.61 Å². The molecule has 0 atom stereocenters. The SMILES string of the molecule is OCC(Cl)(Cl)Oc1ccccc1. The molecule has 0 saturated carbocycles. The number of ether oxygens (including phenoxy) is 1. The summed E-state index contributed by atoms with van der Waals surface area (Å²) in [5.41, 5.74) is 0. The first-order valence-corrected chi connectivity index (χ1v) is 4.12. The molecule has 1 rings (SSSR count). The maximum atomic E-state index is 8.67. The van der Waals surface area contributed by atoms with Gasteiger partial charge < -0.3 is 9.84 Å². The molecule has 12 heavy (non-hydrogen) atoms. The summed E-state index contributed by atoms with van der Waals surface area (Å²) < 4.78 is 3.48. The third-order valence-electron chi connectivity index (χ3n) is 1.19. The topological polar surface area (TPSA) is 29.5 Å². The van der Waals surface area contributed by atoms with E-state index in [9.17, 15) is 0 Å². The van der Waals surface area contributed by atoms with Gasteiger partial charge in [-0.15, -0.1) is 0 Å². The molecule has 0 bridgehead atoms. The van der Waals surface area contributed by atoms with Gasteiger partial charge in [-0.2, -0.15) is 0 Å². The average molecular weight is 207 g/mol. The Morgan fingerprint density at radius 2 is 1.83 bits per heavy atom. The highest BCUT2D eigenvalue weighted by Crippen LogP contribution is 2.24. The number of para-hydroxylation sites is 1. The Balaban J connectivity index is 2.64. The standard InChI is InChI=1S/C8H8Cl2O2/c9-8(10,6-11)12-7-4-2-1-3-5-7/h1-5,11H,6H2. The molecule has 66 valence electrons. The van der Waals surface area contributed by atoms with Crippen molar-refractivity contribution in [2.45, 2.75) is 4.52 Å². The molecule has 1 aromatic carbocycles. The van der Waals surface area contributed by atoms with Gasteiger partial charge in [0.05, 0.1) is 0 Å². The normalized spacial score (nSPS) is 11.2. The van der Waals surface area contributed by atoms with Gasteiger partial charge in [0.15, 0.2) is 0 Å². The van der Waals surface area contributed by atoms with Crippen LogP contribution in [0.15, 0.2) is 30.3 Å². The quantitative estimate of drug-likeness (QED) is 0.769. The van der Waals surface area contributed by atoms with Gasteiger partial charge in [0.1, 0.15) is 12.4 Å². The number of alkyl halides is 2. The van der Waals surface area contributed by atoms with Crippen LogP contribution in [0, 0.1) is 0 Å².